The van der Waals surface area contributed by atoms with Crippen LogP contribution in [0.2, 0.25) is 0 Å². The summed E-state index contributed by atoms with van der Waals surface area (Å²) in [7, 11) is 0. The predicted octanol–water partition coefficient (Wildman–Crippen LogP) is 5.59. The summed E-state index contributed by atoms with van der Waals surface area (Å²) in [5, 5.41) is 36.6. The number of fused-ring (bicyclic) bond motifs is 2. The summed E-state index contributed by atoms with van der Waals surface area (Å²) in [6.45, 7) is 0. The molecule has 2 amide bonds. The Labute approximate surface area is 231 Å². The van der Waals surface area contributed by atoms with Gasteiger partial charge in [0.25, 0.3) is 11.8 Å². The van der Waals surface area contributed by atoms with Crippen molar-refractivity contribution in [2.75, 3.05) is 10.6 Å². The zero-order chi connectivity index (χ0) is 29.3. The SMILES string of the molecule is O=C(O)c1cc(C(=O)Nc2cc3ccccc3cc2C(=O)O)cc(C(=O)Nc2cc3ccccc3cc2C(=O)O)c1. The number of aromatic carboxylic acids is 3. The maximum Gasteiger partial charge on any atom is 0.337 e. The van der Waals surface area contributed by atoms with E-state index in [9.17, 15) is 39.3 Å². The van der Waals surface area contributed by atoms with Crippen molar-refractivity contribution >= 4 is 62.6 Å². The first kappa shape index (κ1) is 26.6. The van der Waals surface area contributed by atoms with E-state index in [1.165, 1.54) is 24.3 Å². The van der Waals surface area contributed by atoms with Crippen LogP contribution in [0.15, 0.2) is 91.0 Å². The van der Waals surface area contributed by atoms with E-state index in [-0.39, 0.29) is 39.2 Å². The van der Waals surface area contributed by atoms with Crippen molar-refractivity contribution in [3.05, 3.63) is 119 Å². The molecule has 10 heteroatoms. The summed E-state index contributed by atoms with van der Waals surface area (Å²) in [6, 6.07) is 22.9. The molecule has 0 bridgehead atoms. The molecule has 10 nitrogen and oxygen atoms in total. The number of rotatable bonds is 7. The van der Waals surface area contributed by atoms with E-state index in [1.807, 2.05) is 0 Å². The second-order valence-electron chi connectivity index (χ2n) is 9.11. The number of carbonyl (C=O) groups excluding carboxylic acids is 2. The van der Waals surface area contributed by atoms with Crippen molar-refractivity contribution in [3.8, 4) is 0 Å². The van der Waals surface area contributed by atoms with Crippen LogP contribution < -0.4 is 10.6 Å². The van der Waals surface area contributed by atoms with Crippen molar-refractivity contribution in [1.29, 1.82) is 0 Å². The van der Waals surface area contributed by atoms with Gasteiger partial charge in [0.05, 0.1) is 28.1 Å². The van der Waals surface area contributed by atoms with Gasteiger partial charge in [-0.2, -0.15) is 0 Å². The van der Waals surface area contributed by atoms with Crippen molar-refractivity contribution in [2.24, 2.45) is 0 Å². The minimum absolute atomic E-state index is 0.0183. The quantitative estimate of drug-likeness (QED) is 0.175. The highest BCUT2D eigenvalue weighted by Crippen LogP contribution is 2.27. The molecule has 0 radical (unpaired) electrons. The molecule has 5 aromatic rings. The summed E-state index contributed by atoms with van der Waals surface area (Å²) < 4.78 is 0. The standard InChI is InChI=1S/C31H20N2O8/c34-27(32-25-14-18-7-3-1-5-16(18)12-23(25)30(38)39)20-9-21(11-22(10-20)29(36)37)28(35)33-26-15-19-8-4-2-6-17(19)13-24(26)31(40)41/h1-15H,(H,32,34)(H,33,35)(H,36,37)(H,38,39)(H,40,41). The monoisotopic (exact) mass is 548 g/mol. The summed E-state index contributed by atoms with van der Waals surface area (Å²) >= 11 is 0. The third-order valence-electron chi connectivity index (χ3n) is 6.43. The fourth-order valence-corrected chi connectivity index (χ4v) is 4.44. The largest absolute Gasteiger partial charge is 0.478 e. The average molecular weight is 549 g/mol. The fourth-order valence-electron chi connectivity index (χ4n) is 4.44. The molecule has 0 saturated heterocycles. The number of carboxylic acid groups (broad SMARTS) is 3. The Morgan fingerprint density at radius 2 is 0.780 bits per heavy atom. The first-order valence-electron chi connectivity index (χ1n) is 12.1. The molecule has 0 saturated carbocycles. The molecule has 5 rings (SSSR count). The van der Waals surface area contributed by atoms with Crippen molar-refractivity contribution in [3.63, 3.8) is 0 Å². The molecule has 5 N–H and O–H groups in total. The van der Waals surface area contributed by atoms with E-state index in [1.54, 1.807) is 48.5 Å². The van der Waals surface area contributed by atoms with E-state index in [4.69, 9.17) is 0 Å². The van der Waals surface area contributed by atoms with Gasteiger partial charge in [0.15, 0.2) is 0 Å². The molecule has 0 atom stereocenters. The topological polar surface area (TPSA) is 170 Å². The van der Waals surface area contributed by atoms with Crippen molar-refractivity contribution < 1.29 is 39.3 Å². The number of benzene rings is 5. The molecule has 0 aliphatic heterocycles. The third kappa shape index (κ3) is 5.43. The highest BCUT2D eigenvalue weighted by molar-refractivity contribution is 6.14. The van der Waals surface area contributed by atoms with Gasteiger partial charge in [-0.25, -0.2) is 14.4 Å². The zero-order valence-electron chi connectivity index (χ0n) is 21.0. The van der Waals surface area contributed by atoms with Gasteiger partial charge in [-0.1, -0.05) is 48.5 Å². The fraction of sp³-hybridized carbons (Fsp3) is 0. The molecular weight excluding hydrogens is 528 g/mol. The van der Waals surface area contributed by atoms with Crippen molar-refractivity contribution in [2.45, 2.75) is 0 Å². The zero-order valence-corrected chi connectivity index (χ0v) is 21.0. The third-order valence-corrected chi connectivity index (χ3v) is 6.43. The van der Waals surface area contributed by atoms with E-state index in [0.29, 0.717) is 21.5 Å². The number of hydrogen-bond acceptors (Lipinski definition) is 5. The Kier molecular flexibility index (Phi) is 6.88. The lowest BCUT2D eigenvalue weighted by Crippen LogP contribution is -2.19. The highest BCUT2D eigenvalue weighted by Gasteiger charge is 2.21. The second kappa shape index (κ2) is 10.6. The number of carbonyl (C=O) groups is 5. The van der Waals surface area contributed by atoms with Crippen molar-refractivity contribution in [1.82, 2.24) is 0 Å². The molecule has 0 fully saturated rings. The first-order chi connectivity index (χ1) is 19.6. The minimum Gasteiger partial charge on any atom is -0.478 e. The Bertz CT molecular complexity index is 1800. The van der Waals surface area contributed by atoms with Crippen LogP contribution in [-0.2, 0) is 0 Å². The van der Waals surface area contributed by atoms with Gasteiger partial charge >= 0.3 is 17.9 Å². The van der Waals surface area contributed by atoms with Gasteiger partial charge in [0, 0.05) is 11.1 Å². The van der Waals surface area contributed by atoms with Crippen LogP contribution in [0.1, 0.15) is 51.8 Å². The molecule has 41 heavy (non-hydrogen) atoms. The van der Waals surface area contributed by atoms with Crippen LogP contribution in [0, 0.1) is 0 Å². The van der Waals surface area contributed by atoms with Gasteiger partial charge in [-0.15, -0.1) is 0 Å². The highest BCUT2D eigenvalue weighted by atomic mass is 16.4. The second-order valence-corrected chi connectivity index (χ2v) is 9.11. The van der Waals surface area contributed by atoms with Crippen LogP contribution in [0.5, 0.6) is 0 Å². The maximum absolute atomic E-state index is 13.2. The summed E-state index contributed by atoms with van der Waals surface area (Å²) in [4.78, 5) is 62.0. The van der Waals surface area contributed by atoms with E-state index >= 15 is 0 Å². The predicted molar refractivity (Wildman–Crippen MR) is 151 cm³/mol. The lowest BCUT2D eigenvalue weighted by molar-refractivity contribution is 0.0686. The number of nitrogens with one attached hydrogen (secondary N) is 2. The van der Waals surface area contributed by atoms with Crippen LogP contribution in [0.25, 0.3) is 21.5 Å². The first-order valence-corrected chi connectivity index (χ1v) is 12.1. The molecule has 0 unspecified atom stereocenters. The molecule has 0 aromatic heterocycles. The van der Waals surface area contributed by atoms with Gasteiger partial charge in [0.1, 0.15) is 0 Å². The average Bonchev–Trinajstić information content (AvgIpc) is 2.95. The molecule has 0 spiro atoms. The van der Waals surface area contributed by atoms with Gasteiger partial charge < -0.3 is 26.0 Å². The Hall–Kier alpha value is -6.03. The lowest BCUT2D eigenvalue weighted by atomic mass is 10.0. The normalized spacial score (nSPS) is 10.7. The smallest absolute Gasteiger partial charge is 0.337 e. The Balaban J connectivity index is 1.51. The molecule has 0 heterocycles. The van der Waals surface area contributed by atoms with Gasteiger partial charge in [-0.3, -0.25) is 9.59 Å². The molecule has 0 aliphatic rings. The number of hydrogen-bond donors (Lipinski definition) is 5. The van der Waals surface area contributed by atoms with E-state index in [0.717, 1.165) is 18.2 Å². The van der Waals surface area contributed by atoms with Crippen LogP contribution in [0.4, 0.5) is 11.4 Å². The van der Waals surface area contributed by atoms with Crippen LogP contribution in [-0.4, -0.2) is 45.0 Å². The number of amides is 2. The van der Waals surface area contributed by atoms with E-state index in [2.05, 4.69) is 10.6 Å². The molecule has 5 aromatic carbocycles. The lowest BCUT2D eigenvalue weighted by Gasteiger charge is -2.13. The molecular formula is C31H20N2O8. The summed E-state index contributed by atoms with van der Waals surface area (Å²) in [6.07, 6.45) is 0. The Morgan fingerprint density at radius 1 is 0.439 bits per heavy atom. The van der Waals surface area contributed by atoms with Crippen LogP contribution in [0.3, 0.4) is 0 Å². The minimum atomic E-state index is -1.41. The van der Waals surface area contributed by atoms with Gasteiger partial charge in [-0.05, 0) is 64.0 Å². The number of carboxylic acids is 3. The summed E-state index contributed by atoms with van der Waals surface area (Å²) in [5.74, 6) is -5.68. The number of anilines is 2. The summed E-state index contributed by atoms with van der Waals surface area (Å²) in [5.41, 5.74) is -1.22. The molecule has 202 valence electrons. The van der Waals surface area contributed by atoms with E-state index < -0.39 is 29.7 Å². The Morgan fingerprint density at radius 3 is 1.12 bits per heavy atom. The van der Waals surface area contributed by atoms with Crippen LogP contribution >= 0.6 is 0 Å². The maximum atomic E-state index is 13.2. The molecule has 0 aliphatic carbocycles. The van der Waals surface area contributed by atoms with Gasteiger partial charge in [0.2, 0.25) is 0 Å².